The van der Waals surface area contributed by atoms with Gasteiger partial charge in [-0.1, -0.05) is 36.4 Å². The third-order valence-corrected chi connectivity index (χ3v) is 2.12. The van der Waals surface area contributed by atoms with E-state index in [1.54, 1.807) is 0 Å². The second-order valence-electron chi connectivity index (χ2n) is 3.43. The van der Waals surface area contributed by atoms with Crippen LogP contribution in [0.2, 0.25) is 0 Å². The molecule has 1 rings (SSSR count). The van der Waals surface area contributed by atoms with Gasteiger partial charge in [-0.3, -0.25) is 0 Å². The molecular formula is C13H19NO. The average molecular weight is 205 g/mol. The SMILES string of the molecule is CC=CCOCc1ccc(CNC)cc1. The first kappa shape index (κ1) is 12.0. The molecule has 0 atom stereocenters. The highest BCUT2D eigenvalue weighted by molar-refractivity contribution is 5.21. The van der Waals surface area contributed by atoms with Crippen molar-refractivity contribution in [2.45, 2.75) is 20.1 Å². The Labute approximate surface area is 92.0 Å². The van der Waals surface area contributed by atoms with E-state index in [9.17, 15) is 0 Å². The van der Waals surface area contributed by atoms with E-state index >= 15 is 0 Å². The Hall–Kier alpha value is -1.12. The third kappa shape index (κ3) is 4.77. The molecule has 0 saturated heterocycles. The summed E-state index contributed by atoms with van der Waals surface area (Å²) in [6.07, 6.45) is 4.01. The maximum absolute atomic E-state index is 5.46. The van der Waals surface area contributed by atoms with Gasteiger partial charge in [0, 0.05) is 6.54 Å². The highest BCUT2D eigenvalue weighted by atomic mass is 16.5. The minimum Gasteiger partial charge on any atom is -0.373 e. The summed E-state index contributed by atoms with van der Waals surface area (Å²) in [5, 5.41) is 3.12. The molecule has 0 unspecified atom stereocenters. The van der Waals surface area contributed by atoms with Gasteiger partial charge in [-0.05, 0) is 25.1 Å². The number of benzene rings is 1. The molecule has 0 aliphatic heterocycles. The molecule has 2 nitrogen and oxygen atoms in total. The second kappa shape index (κ2) is 7.21. The van der Waals surface area contributed by atoms with Gasteiger partial charge in [0.25, 0.3) is 0 Å². The van der Waals surface area contributed by atoms with Crippen LogP contribution in [0, 0.1) is 0 Å². The molecule has 0 aromatic heterocycles. The van der Waals surface area contributed by atoms with E-state index in [2.05, 4.69) is 29.6 Å². The van der Waals surface area contributed by atoms with Crippen LogP contribution in [0.5, 0.6) is 0 Å². The Morgan fingerprint density at radius 1 is 1.20 bits per heavy atom. The van der Waals surface area contributed by atoms with Gasteiger partial charge in [-0.2, -0.15) is 0 Å². The minimum absolute atomic E-state index is 0.685. The molecule has 0 spiro atoms. The summed E-state index contributed by atoms with van der Waals surface area (Å²) in [5.74, 6) is 0. The zero-order valence-electron chi connectivity index (χ0n) is 9.49. The van der Waals surface area contributed by atoms with E-state index in [0.717, 1.165) is 6.54 Å². The summed E-state index contributed by atoms with van der Waals surface area (Å²) in [6.45, 7) is 4.29. The number of hydrogen-bond donors (Lipinski definition) is 1. The van der Waals surface area contributed by atoms with Crippen molar-refractivity contribution in [1.29, 1.82) is 0 Å². The first-order valence-corrected chi connectivity index (χ1v) is 5.28. The maximum atomic E-state index is 5.46. The standard InChI is InChI=1S/C13H19NO/c1-3-4-9-15-11-13-7-5-12(6-8-13)10-14-2/h3-8,14H,9-11H2,1-2H3. The molecule has 2 heteroatoms. The maximum Gasteiger partial charge on any atom is 0.0721 e. The van der Waals surface area contributed by atoms with Crippen LogP contribution in [-0.4, -0.2) is 13.7 Å². The van der Waals surface area contributed by atoms with E-state index in [1.807, 2.05) is 26.1 Å². The highest BCUT2D eigenvalue weighted by Crippen LogP contribution is 2.05. The van der Waals surface area contributed by atoms with Crippen molar-refractivity contribution >= 4 is 0 Å². The van der Waals surface area contributed by atoms with Crippen molar-refractivity contribution in [2.75, 3.05) is 13.7 Å². The lowest BCUT2D eigenvalue weighted by Crippen LogP contribution is -2.04. The molecule has 0 radical (unpaired) electrons. The molecule has 1 N–H and O–H groups in total. The molecule has 82 valence electrons. The highest BCUT2D eigenvalue weighted by Gasteiger charge is 1.93. The quantitative estimate of drug-likeness (QED) is 0.569. The van der Waals surface area contributed by atoms with Gasteiger partial charge in [0.15, 0.2) is 0 Å². The minimum atomic E-state index is 0.685. The van der Waals surface area contributed by atoms with Crippen molar-refractivity contribution in [2.24, 2.45) is 0 Å². The van der Waals surface area contributed by atoms with Crippen molar-refractivity contribution in [3.8, 4) is 0 Å². The normalized spacial score (nSPS) is 11.1. The van der Waals surface area contributed by atoms with Crippen molar-refractivity contribution in [3.05, 3.63) is 47.5 Å². The van der Waals surface area contributed by atoms with E-state index < -0.39 is 0 Å². The van der Waals surface area contributed by atoms with E-state index in [4.69, 9.17) is 4.74 Å². The van der Waals surface area contributed by atoms with Crippen LogP contribution in [0.25, 0.3) is 0 Å². The monoisotopic (exact) mass is 205 g/mol. The smallest absolute Gasteiger partial charge is 0.0721 e. The molecule has 0 amide bonds. The summed E-state index contributed by atoms with van der Waals surface area (Å²) >= 11 is 0. The lowest BCUT2D eigenvalue weighted by molar-refractivity contribution is 0.148. The molecule has 0 aliphatic rings. The van der Waals surface area contributed by atoms with Crippen molar-refractivity contribution in [1.82, 2.24) is 5.32 Å². The lowest BCUT2D eigenvalue weighted by Gasteiger charge is -2.04. The summed E-state index contributed by atoms with van der Waals surface area (Å²) in [4.78, 5) is 0. The van der Waals surface area contributed by atoms with Crippen LogP contribution < -0.4 is 5.32 Å². The molecule has 0 fully saturated rings. The van der Waals surface area contributed by atoms with E-state index in [-0.39, 0.29) is 0 Å². The molecule has 0 aliphatic carbocycles. The number of ether oxygens (including phenoxy) is 1. The van der Waals surface area contributed by atoms with Gasteiger partial charge in [-0.15, -0.1) is 0 Å². The van der Waals surface area contributed by atoms with E-state index in [1.165, 1.54) is 11.1 Å². The van der Waals surface area contributed by atoms with Gasteiger partial charge < -0.3 is 10.1 Å². The Morgan fingerprint density at radius 3 is 2.47 bits per heavy atom. The molecule has 1 aromatic rings. The fourth-order valence-electron chi connectivity index (χ4n) is 1.30. The second-order valence-corrected chi connectivity index (χ2v) is 3.43. The van der Waals surface area contributed by atoms with Crippen LogP contribution in [0.3, 0.4) is 0 Å². The number of hydrogen-bond acceptors (Lipinski definition) is 2. The fourth-order valence-corrected chi connectivity index (χ4v) is 1.30. The number of rotatable bonds is 6. The van der Waals surface area contributed by atoms with Crippen LogP contribution in [0.1, 0.15) is 18.1 Å². The zero-order valence-corrected chi connectivity index (χ0v) is 9.49. The van der Waals surface area contributed by atoms with Crippen LogP contribution in [0.4, 0.5) is 0 Å². The largest absolute Gasteiger partial charge is 0.373 e. The average Bonchev–Trinajstić information content (AvgIpc) is 2.27. The Morgan fingerprint density at radius 2 is 1.87 bits per heavy atom. The molecule has 0 bridgehead atoms. The topological polar surface area (TPSA) is 21.3 Å². The van der Waals surface area contributed by atoms with Gasteiger partial charge in [0.2, 0.25) is 0 Å². The predicted octanol–water partition coefficient (Wildman–Crippen LogP) is 2.50. The lowest BCUT2D eigenvalue weighted by atomic mass is 10.1. The van der Waals surface area contributed by atoms with E-state index in [0.29, 0.717) is 13.2 Å². The number of allylic oxidation sites excluding steroid dienone is 1. The van der Waals surface area contributed by atoms with Crippen molar-refractivity contribution < 1.29 is 4.74 Å². The zero-order chi connectivity index (χ0) is 10.9. The first-order chi connectivity index (χ1) is 7.36. The molecule has 1 aromatic carbocycles. The molecule has 0 heterocycles. The molecular weight excluding hydrogens is 186 g/mol. The van der Waals surface area contributed by atoms with Crippen LogP contribution in [0.15, 0.2) is 36.4 Å². The van der Waals surface area contributed by atoms with Crippen LogP contribution in [-0.2, 0) is 17.9 Å². The summed E-state index contributed by atoms with van der Waals surface area (Å²) < 4.78 is 5.46. The number of nitrogens with one attached hydrogen (secondary N) is 1. The summed E-state index contributed by atoms with van der Waals surface area (Å²) in [7, 11) is 1.95. The Bertz CT molecular complexity index is 290. The predicted molar refractivity (Wildman–Crippen MR) is 63.7 cm³/mol. The Balaban J connectivity index is 2.35. The van der Waals surface area contributed by atoms with Gasteiger partial charge in [-0.25, -0.2) is 0 Å². The fraction of sp³-hybridized carbons (Fsp3) is 0.385. The molecule has 0 saturated carbocycles. The van der Waals surface area contributed by atoms with Gasteiger partial charge >= 0.3 is 0 Å². The van der Waals surface area contributed by atoms with Gasteiger partial charge in [0.05, 0.1) is 13.2 Å². The van der Waals surface area contributed by atoms with Crippen molar-refractivity contribution in [3.63, 3.8) is 0 Å². The molecule has 15 heavy (non-hydrogen) atoms. The first-order valence-electron chi connectivity index (χ1n) is 5.28. The van der Waals surface area contributed by atoms with Crippen LogP contribution >= 0.6 is 0 Å². The summed E-state index contributed by atoms with van der Waals surface area (Å²) in [6, 6.07) is 8.49. The third-order valence-electron chi connectivity index (χ3n) is 2.12. The summed E-state index contributed by atoms with van der Waals surface area (Å²) in [5.41, 5.74) is 2.52. The Kier molecular flexibility index (Phi) is 5.74. The van der Waals surface area contributed by atoms with Gasteiger partial charge in [0.1, 0.15) is 0 Å².